The predicted molar refractivity (Wildman–Crippen MR) is 78.0 cm³/mol. The van der Waals surface area contributed by atoms with Gasteiger partial charge in [0.2, 0.25) is 5.91 Å². The molecular formula is C15H16N4O. The SMILES string of the molecule is CC(=O)n1c(N2CCNCC2)cc2cc(C#N)ccc21. The van der Waals surface area contributed by atoms with Gasteiger partial charge in [-0.1, -0.05) is 0 Å². The van der Waals surface area contributed by atoms with Gasteiger partial charge in [-0.2, -0.15) is 5.26 Å². The molecule has 1 N–H and O–H groups in total. The third kappa shape index (κ3) is 2.04. The molecule has 2 heterocycles. The molecule has 0 saturated carbocycles. The van der Waals surface area contributed by atoms with Gasteiger partial charge in [-0.3, -0.25) is 9.36 Å². The molecule has 3 rings (SSSR count). The van der Waals surface area contributed by atoms with Crippen LogP contribution in [0.15, 0.2) is 24.3 Å². The number of piperazine rings is 1. The maximum absolute atomic E-state index is 12.0. The van der Waals surface area contributed by atoms with Crippen molar-refractivity contribution in [1.82, 2.24) is 9.88 Å². The number of hydrogen-bond acceptors (Lipinski definition) is 4. The van der Waals surface area contributed by atoms with Gasteiger partial charge in [-0.05, 0) is 24.3 Å². The summed E-state index contributed by atoms with van der Waals surface area (Å²) in [6.45, 7) is 5.18. The first-order valence-corrected chi connectivity index (χ1v) is 6.73. The number of nitrogens with zero attached hydrogens (tertiary/aromatic N) is 3. The molecule has 20 heavy (non-hydrogen) atoms. The van der Waals surface area contributed by atoms with Crippen LogP contribution in [-0.4, -0.2) is 36.7 Å². The Balaban J connectivity index is 2.17. The third-order valence-corrected chi connectivity index (χ3v) is 3.67. The molecule has 0 radical (unpaired) electrons. The Kier molecular flexibility index (Phi) is 3.17. The molecular weight excluding hydrogens is 252 g/mol. The number of benzene rings is 1. The lowest BCUT2D eigenvalue weighted by molar-refractivity contribution is 0.0943. The Morgan fingerprint density at radius 2 is 2.05 bits per heavy atom. The van der Waals surface area contributed by atoms with Crippen LogP contribution in [0.25, 0.3) is 10.9 Å². The van der Waals surface area contributed by atoms with Gasteiger partial charge in [0.05, 0.1) is 17.1 Å². The first-order valence-electron chi connectivity index (χ1n) is 6.73. The fourth-order valence-corrected chi connectivity index (χ4v) is 2.73. The molecule has 1 saturated heterocycles. The van der Waals surface area contributed by atoms with Crippen LogP contribution in [0.5, 0.6) is 0 Å². The first-order chi connectivity index (χ1) is 9.70. The van der Waals surface area contributed by atoms with Gasteiger partial charge in [0.1, 0.15) is 5.82 Å². The van der Waals surface area contributed by atoms with E-state index >= 15 is 0 Å². The van der Waals surface area contributed by atoms with E-state index in [1.165, 1.54) is 0 Å². The Labute approximate surface area is 117 Å². The minimum atomic E-state index is -0.00163. The van der Waals surface area contributed by atoms with Crippen molar-refractivity contribution in [2.45, 2.75) is 6.92 Å². The Morgan fingerprint density at radius 3 is 2.70 bits per heavy atom. The minimum absolute atomic E-state index is 0.00163. The number of rotatable bonds is 1. The molecule has 0 aliphatic carbocycles. The Bertz CT molecular complexity index is 704. The highest BCUT2D eigenvalue weighted by Crippen LogP contribution is 2.27. The third-order valence-electron chi connectivity index (χ3n) is 3.67. The normalized spacial score (nSPS) is 15.3. The van der Waals surface area contributed by atoms with Crippen LogP contribution in [0.4, 0.5) is 5.82 Å². The minimum Gasteiger partial charge on any atom is -0.355 e. The van der Waals surface area contributed by atoms with E-state index in [-0.39, 0.29) is 5.91 Å². The quantitative estimate of drug-likeness (QED) is 0.853. The van der Waals surface area contributed by atoms with Crippen LogP contribution in [0.3, 0.4) is 0 Å². The predicted octanol–water partition coefficient (Wildman–Crippen LogP) is 1.58. The van der Waals surface area contributed by atoms with Gasteiger partial charge in [0.15, 0.2) is 0 Å². The highest BCUT2D eigenvalue weighted by molar-refractivity contribution is 5.97. The zero-order valence-electron chi connectivity index (χ0n) is 11.4. The number of nitrogens with one attached hydrogen (secondary N) is 1. The largest absolute Gasteiger partial charge is 0.355 e. The summed E-state index contributed by atoms with van der Waals surface area (Å²) in [5.41, 5.74) is 1.48. The summed E-state index contributed by atoms with van der Waals surface area (Å²) in [4.78, 5) is 14.2. The number of hydrogen-bond donors (Lipinski definition) is 1. The van der Waals surface area contributed by atoms with Crippen molar-refractivity contribution in [2.24, 2.45) is 0 Å². The summed E-state index contributed by atoms with van der Waals surface area (Å²) in [6, 6.07) is 9.58. The lowest BCUT2D eigenvalue weighted by atomic mass is 10.2. The average molecular weight is 268 g/mol. The number of aromatic nitrogens is 1. The molecule has 0 amide bonds. The van der Waals surface area contributed by atoms with E-state index in [1.54, 1.807) is 17.6 Å². The van der Waals surface area contributed by atoms with Crippen LogP contribution < -0.4 is 10.2 Å². The van der Waals surface area contributed by atoms with Gasteiger partial charge in [0, 0.05) is 38.5 Å². The van der Waals surface area contributed by atoms with Crippen LogP contribution >= 0.6 is 0 Å². The van der Waals surface area contributed by atoms with Crippen molar-refractivity contribution < 1.29 is 4.79 Å². The van der Waals surface area contributed by atoms with Crippen LogP contribution in [-0.2, 0) is 0 Å². The number of nitriles is 1. The summed E-state index contributed by atoms with van der Waals surface area (Å²) >= 11 is 0. The van der Waals surface area contributed by atoms with E-state index < -0.39 is 0 Å². The summed E-state index contributed by atoms with van der Waals surface area (Å²) in [6.07, 6.45) is 0. The lowest BCUT2D eigenvalue weighted by Crippen LogP contribution is -2.44. The van der Waals surface area contributed by atoms with Crippen LogP contribution in [0, 0.1) is 11.3 Å². The van der Waals surface area contributed by atoms with E-state index in [0.29, 0.717) is 5.56 Å². The molecule has 5 nitrogen and oxygen atoms in total. The molecule has 2 aromatic rings. The number of fused-ring (bicyclic) bond motifs is 1. The topological polar surface area (TPSA) is 61.1 Å². The second-order valence-corrected chi connectivity index (χ2v) is 4.98. The molecule has 0 spiro atoms. The molecule has 1 aromatic heterocycles. The maximum Gasteiger partial charge on any atom is 0.229 e. The molecule has 0 unspecified atom stereocenters. The smallest absolute Gasteiger partial charge is 0.229 e. The summed E-state index contributed by atoms with van der Waals surface area (Å²) < 4.78 is 1.74. The molecule has 102 valence electrons. The molecule has 1 fully saturated rings. The molecule has 1 aromatic carbocycles. The Hall–Kier alpha value is -2.32. The van der Waals surface area contributed by atoms with Gasteiger partial charge < -0.3 is 10.2 Å². The van der Waals surface area contributed by atoms with Crippen molar-refractivity contribution in [3.63, 3.8) is 0 Å². The lowest BCUT2D eigenvalue weighted by Gasteiger charge is -2.29. The molecule has 0 atom stereocenters. The Morgan fingerprint density at radius 1 is 1.30 bits per heavy atom. The van der Waals surface area contributed by atoms with Gasteiger partial charge in [-0.15, -0.1) is 0 Å². The summed E-state index contributed by atoms with van der Waals surface area (Å²) in [5, 5.41) is 13.2. The van der Waals surface area contributed by atoms with E-state index in [1.807, 2.05) is 18.2 Å². The first kappa shape index (κ1) is 12.7. The highest BCUT2D eigenvalue weighted by Gasteiger charge is 2.19. The van der Waals surface area contributed by atoms with Crippen LogP contribution in [0.1, 0.15) is 17.3 Å². The average Bonchev–Trinajstić information content (AvgIpc) is 2.86. The van der Waals surface area contributed by atoms with Crippen LogP contribution in [0.2, 0.25) is 0 Å². The van der Waals surface area contributed by atoms with Crippen molar-refractivity contribution in [3.8, 4) is 6.07 Å². The highest BCUT2D eigenvalue weighted by atomic mass is 16.1. The summed E-state index contributed by atoms with van der Waals surface area (Å²) in [7, 11) is 0. The second-order valence-electron chi connectivity index (χ2n) is 4.98. The van der Waals surface area contributed by atoms with E-state index in [0.717, 1.165) is 42.9 Å². The van der Waals surface area contributed by atoms with Gasteiger partial charge >= 0.3 is 0 Å². The fraction of sp³-hybridized carbons (Fsp3) is 0.333. The number of carbonyl (C=O) groups is 1. The zero-order chi connectivity index (χ0) is 14.1. The molecule has 5 heteroatoms. The van der Waals surface area contributed by atoms with Crippen molar-refractivity contribution in [2.75, 3.05) is 31.1 Å². The van der Waals surface area contributed by atoms with Gasteiger partial charge in [-0.25, -0.2) is 0 Å². The van der Waals surface area contributed by atoms with E-state index in [9.17, 15) is 4.79 Å². The van der Waals surface area contributed by atoms with Crippen molar-refractivity contribution >= 4 is 22.6 Å². The monoisotopic (exact) mass is 268 g/mol. The number of carbonyl (C=O) groups excluding carboxylic acids is 1. The summed E-state index contributed by atoms with van der Waals surface area (Å²) in [5.74, 6) is 0.919. The molecule has 1 aliphatic rings. The maximum atomic E-state index is 12.0. The van der Waals surface area contributed by atoms with E-state index in [2.05, 4.69) is 16.3 Å². The van der Waals surface area contributed by atoms with Gasteiger partial charge in [0.25, 0.3) is 0 Å². The fourth-order valence-electron chi connectivity index (χ4n) is 2.73. The number of anilines is 1. The van der Waals surface area contributed by atoms with E-state index in [4.69, 9.17) is 5.26 Å². The standard InChI is InChI=1S/C15H16N4O/c1-11(20)19-14-3-2-12(10-16)8-13(14)9-15(19)18-6-4-17-5-7-18/h2-3,8-9,17H,4-7H2,1H3. The van der Waals surface area contributed by atoms with Crippen molar-refractivity contribution in [3.05, 3.63) is 29.8 Å². The molecule has 1 aliphatic heterocycles. The zero-order valence-corrected chi connectivity index (χ0v) is 11.4. The van der Waals surface area contributed by atoms with Crippen molar-refractivity contribution in [1.29, 1.82) is 5.26 Å². The molecule has 0 bridgehead atoms. The second kappa shape index (κ2) is 4.99.